The van der Waals surface area contributed by atoms with Crippen LogP contribution in [0.4, 0.5) is 5.82 Å². The minimum atomic E-state index is -0.241. The van der Waals surface area contributed by atoms with Gasteiger partial charge in [-0.05, 0) is 24.1 Å². The second-order valence-corrected chi connectivity index (χ2v) is 5.47. The van der Waals surface area contributed by atoms with Crippen molar-refractivity contribution in [1.82, 2.24) is 4.98 Å². The Hall–Kier alpha value is -1.78. The van der Waals surface area contributed by atoms with Gasteiger partial charge < -0.3 is 16.2 Å². The summed E-state index contributed by atoms with van der Waals surface area (Å²) in [5.41, 5.74) is 14.2. The Morgan fingerprint density at radius 2 is 2.15 bits per heavy atom. The lowest BCUT2D eigenvalue weighted by Crippen LogP contribution is -2.32. The molecule has 5 heteroatoms. The molecule has 0 saturated carbocycles. The number of halogens is 1. The van der Waals surface area contributed by atoms with Gasteiger partial charge in [0.15, 0.2) is 0 Å². The minimum Gasteiger partial charge on any atom is -0.493 e. The summed E-state index contributed by atoms with van der Waals surface area (Å²) < 4.78 is 5.77. The molecule has 0 aliphatic carbocycles. The van der Waals surface area contributed by atoms with Crippen LogP contribution in [0.25, 0.3) is 0 Å². The Morgan fingerprint density at radius 1 is 1.35 bits per heavy atom. The number of para-hydroxylation sites is 1. The van der Waals surface area contributed by atoms with Crippen LogP contribution in [-0.4, -0.2) is 11.6 Å². The molecule has 0 spiro atoms. The molecule has 0 bridgehead atoms. The quantitative estimate of drug-likeness (QED) is 0.891. The van der Waals surface area contributed by atoms with Gasteiger partial charge in [0.2, 0.25) is 0 Å². The van der Waals surface area contributed by atoms with Crippen LogP contribution in [0.5, 0.6) is 5.75 Å². The predicted molar refractivity (Wildman–Crippen MR) is 79.7 cm³/mol. The maximum Gasteiger partial charge on any atom is 0.128 e. The zero-order valence-electron chi connectivity index (χ0n) is 10.9. The van der Waals surface area contributed by atoms with Crippen molar-refractivity contribution >= 4 is 17.4 Å². The zero-order valence-corrected chi connectivity index (χ0v) is 11.7. The summed E-state index contributed by atoms with van der Waals surface area (Å²) in [6.45, 7) is 0.574. The fourth-order valence-corrected chi connectivity index (χ4v) is 2.73. The van der Waals surface area contributed by atoms with E-state index in [0.29, 0.717) is 17.4 Å². The highest BCUT2D eigenvalue weighted by atomic mass is 35.5. The monoisotopic (exact) mass is 289 g/mol. The molecule has 1 aromatic heterocycles. The largest absolute Gasteiger partial charge is 0.493 e. The molecule has 0 saturated heterocycles. The second-order valence-electron chi connectivity index (χ2n) is 5.04. The Balaban J connectivity index is 1.85. The highest BCUT2D eigenvalue weighted by Crippen LogP contribution is 2.34. The van der Waals surface area contributed by atoms with Gasteiger partial charge in [0.1, 0.15) is 11.6 Å². The lowest BCUT2D eigenvalue weighted by molar-refractivity contribution is 0.200. The number of hydrogen-bond donors (Lipinski definition) is 2. The van der Waals surface area contributed by atoms with E-state index in [1.54, 1.807) is 6.07 Å². The summed E-state index contributed by atoms with van der Waals surface area (Å²) in [5.74, 6) is 1.53. The van der Waals surface area contributed by atoms with Crippen LogP contribution in [0.15, 0.2) is 36.5 Å². The summed E-state index contributed by atoms with van der Waals surface area (Å²) in [4.78, 5) is 4.06. The third-order valence-electron chi connectivity index (χ3n) is 3.69. The van der Waals surface area contributed by atoms with E-state index in [2.05, 4.69) is 11.1 Å². The highest BCUT2D eigenvalue weighted by Gasteiger charge is 2.27. The SMILES string of the molecule is Nc1ncc(Cl)cc1C(N)C1COc2ccccc2C1. The molecule has 4 N–H and O–H groups in total. The number of pyridine rings is 1. The van der Waals surface area contributed by atoms with Crippen LogP contribution >= 0.6 is 11.6 Å². The molecular formula is C15H16ClN3O. The van der Waals surface area contributed by atoms with Crippen LogP contribution in [0.3, 0.4) is 0 Å². The highest BCUT2D eigenvalue weighted by molar-refractivity contribution is 6.30. The van der Waals surface area contributed by atoms with Gasteiger partial charge in [0, 0.05) is 23.7 Å². The van der Waals surface area contributed by atoms with E-state index in [9.17, 15) is 0 Å². The van der Waals surface area contributed by atoms with Crippen LogP contribution in [0, 0.1) is 5.92 Å². The van der Waals surface area contributed by atoms with Crippen molar-refractivity contribution in [3.05, 3.63) is 52.7 Å². The molecule has 4 nitrogen and oxygen atoms in total. The minimum absolute atomic E-state index is 0.160. The molecular weight excluding hydrogens is 274 g/mol. The van der Waals surface area contributed by atoms with Crippen molar-refractivity contribution in [3.8, 4) is 5.75 Å². The molecule has 0 amide bonds. The predicted octanol–water partition coefficient (Wildman–Crippen LogP) is 2.57. The number of nitrogens with two attached hydrogens (primary N) is 2. The fourth-order valence-electron chi connectivity index (χ4n) is 2.57. The smallest absolute Gasteiger partial charge is 0.128 e. The fraction of sp³-hybridized carbons (Fsp3) is 0.267. The van der Waals surface area contributed by atoms with Crippen molar-refractivity contribution in [2.24, 2.45) is 11.7 Å². The van der Waals surface area contributed by atoms with Gasteiger partial charge in [-0.15, -0.1) is 0 Å². The van der Waals surface area contributed by atoms with E-state index in [-0.39, 0.29) is 12.0 Å². The number of nitrogens with zero attached hydrogens (tertiary/aromatic N) is 1. The van der Waals surface area contributed by atoms with Gasteiger partial charge in [-0.1, -0.05) is 29.8 Å². The molecule has 1 aliphatic rings. The molecule has 2 heterocycles. The second kappa shape index (κ2) is 5.31. The Bertz CT molecular complexity index is 632. The first-order valence-corrected chi connectivity index (χ1v) is 6.90. The van der Waals surface area contributed by atoms with Gasteiger partial charge in [-0.3, -0.25) is 0 Å². The third kappa shape index (κ3) is 2.44. The maximum absolute atomic E-state index is 6.34. The number of rotatable bonds is 2. The van der Waals surface area contributed by atoms with E-state index < -0.39 is 0 Å². The number of fused-ring (bicyclic) bond motifs is 1. The van der Waals surface area contributed by atoms with Gasteiger partial charge in [0.05, 0.1) is 11.6 Å². The van der Waals surface area contributed by atoms with E-state index >= 15 is 0 Å². The molecule has 1 aromatic carbocycles. The number of anilines is 1. The Kier molecular flexibility index (Phi) is 3.51. The Labute approximate surface area is 122 Å². The van der Waals surface area contributed by atoms with Crippen molar-refractivity contribution < 1.29 is 4.74 Å². The van der Waals surface area contributed by atoms with Crippen molar-refractivity contribution in [1.29, 1.82) is 0 Å². The van der Waals surface area contributed by atoms with Crippen LogP contribution in [-0.2, 0) is 6.42 Å². The van der Waals surface area contributed by atoms with Gasteiger partial charge >= 0.3 is 0 Å². The van der Waals surface area contributed by atoms with Crippen LogP contribution < -0.4 is 16.2 Å². The molecule has 20 heavy (non-hydrogen) atoms. The summed E-state index contributed by atoms with van der Waals surface area (Å²) >= 11 is 5.98. The summed E-state index contributed by atoms with van der Waals surface area (Å²) in [5, 5.41) is 0.543. The third-order valence-corrected chi connectivity index (χ3v) is 3.90. The van der Waals surface area contributed by atoms with E-state index in [4.69, 9.17) is 27.8 Å². The molecule has 3 rings (SSSR count). The van der Waals surface area contributed by atoms with Crippen molar-refractivity contribution in [2.75, 3.05) is 12.3 Å². The van der Waals surface area contributed by atoms with Gasteiger partial charge in [0.25, 0.3) is 0 Å². The molecule has 0 radical (unpaired) electrons. The Morgan fingerprint density at radius 3 is 3.00 bits per heavy atom. The lowest BCUT2D eigenvalue weighted by atomic mass is 9.87. The van der Waals surface area contributed by atoms with Crippen molar-refractivity contribution in [3.63, 3.8) is 0 Å². The number of nitrogen functional groups attached to an aromatic ring is 1. The number of benzene rings is 1. The lowest BCUT2D eigenvalue weighted by Gasteiger charge is -2.30. The topological polar surface area (TPSA) is 74.2 Å². The zero-order chi connectivity index (χ0) is 14.1. The normalized spacial score (nSPS) is 19.0. The number of aromatic nitrogens is 1. The maximum atomic E-state index is 6.34. The molecule has 0 fully saturated rings. The van der Waals surface area contributed by atoms with E-state index in [1.165, 1.54) is 11.8 Å². The van der Waals surface area contributed by atoms with Crippen LogP contribution in [0.2, 0.25) is 5.02 Å². The van der Waals surface area contributed by atoms with Gasteiger partial charge in [-0.25, -0.2) is 4.98 Å². The molecule has 2 unspecified atom stereocenters. The average molecular weight is 290 g/mol. The molecule has 2 aromatic rings. The van der Waals surface area contributed by atoms with Crippen molar-refractivity contribution in [2.45, 2.75) is 12.5 Å². The molecule has 1 aliphatic heterocycles. The van der Waals surface area contributed by atoms with E-state index in [0.717, 1.165) is 17.7 Å². The number of ether oxygens (including phenoxy) is 1. The average Bonchev–Trinajstić information content (AvgIpc) is 2.48. The standard InChI is InChI=1S/C15H16ClN3O/c16-11-6-12(15(18)19-7-11)14(17)10-5-9-3-1-2-4-13(9)20-8-10/h1-4,6-7,10,14H,5,8,17H2,(H2,18,19). The van der Waals surface area contributed by atoms with E-state index in [1.807, 2.05) is 18.2 Å². The first-order chi connectivity index (χ1) is 9.65. The first-order valence-electron chi connectivity index (χ1n) is 6.52. The summed E-state index contributed by atoms with van der Waals surface area (Å²) in [6.07, 6.45) is 2.39. The van der Waals surface area contributed by atoms with Gasteiger partial charge in [-0.2, -0.15) is 0 Å². The van der Waals surface area contributed by atoms with Crippen LogP contribution in [0.1, 0.15) is 17.2 Å². The molecule has 104 valence electrons. The molecule has 2 atom stereocenters. The number of hydrogen-bond acceptors (Lipinski definition) is 4. The first kappa shape index (κ1) is 13.2. The summed E-state index contributed by atoms with van der Waals surface area (Å²) in [7, 11) is 0. The summed E-state index contributed by atoms with van der Waals surface area (Å²) in [6, 6.07) is 9.56.